The summed E-state index contributed by atoms with van der Waals surface area (Å²) in [5, 5.41) is 0. The van der Waals surface area contributed by atoms with Gasteiger partial charge in [0.15, 0.2) is 0 Å². The number of amides is 1. The van der Waals surface area contributed by atoms with Crippen molar-refractivity contribution in [3.05, 3.63) is 88.9 Å². The van der Waals surface area contributed by atoms with Gasteiger partial charge in [0.25, 0.3) is 5.91 Å². The van der Waals surface area contributed by atoms with E-state index in [1.165, 1.54) is 18.6 Å². The number of aromatic amines is 2. The lowest BCUT2D eigenvalue weighted by Crippen LogP contribution is -2.31. The fraction of sp³-hybridized carbons (Fsp3) is 0.0526. The molecule has 0 radical (unpaired) electrons. The van der Waals surface area contributed by atoms with Crippen molar-refractivity contribution in [1.29, 1.82) is 0 Å². The van der Waals surface area contributed by atoms with E-state index in [0.717, 1.165) is 5.56 Å². The van der Waals surface area contributed by atoms with Gasteiger partial charge in [0.2, 0.25) is 0 Å². The number of nitrogens with zero attached hydrogens (tertiary/aromatic N) is 3. The molecular formula is C19H15N5O2. The zero-order valence-electron chi connectivity index (χ0n) is 13.7. The van der Waals surface area contributed by atoms with E-state index in [9.17, 15) is 9.59 Å². The van der Waals surface area contributed by atoms with E-state index in [2.05, 4.69) is 19.9 Å². The Bertz CT molecular complexity index is 1100. The van der Waals surface area contributed by atoms with Gasteiger partial charge in [-0.1, -0.05) is 30.3 Å². The second kappa shape index (κ2) is 6.64. The second-order valence-electron chi connectivity index (χ2n) is 5.78. The maximum atomic E-state index is 13.0. The maximum Gasteiger partial charge on any atom is 0.323 e. The molecule has 26 heavy (non-hydrogen) atoms. The van der Waals surface area contributed by atoms with Crippen molar-refractivity contribution in [2.24, 2.45) is 0 Å². The molecule has 7 heteroatoms. The Labute approximate surface area is 148 Å². The Kier molecular flexibility index (Phi) is 4.03. The Morgan fingerprint density at radius 2 is 1.81 bits per heavy atom. The molecule has 1 amide bonds. The topological polar surface area (TPSA) is 94.7 Å². The fourth-order valence-electron chi connectivity index (χ4n) is 2.78. The first-order chi connectivity index (χ1) is 12.7. The number of nitrogens with one attached hydrogen (secondary N) is 2. The number of carbonyl (C=O) groups excluding carboxylic acids is 1. The zero-order valence-corrected chi connectivity index (χ0v) is 13.7. The summed E-state index contributed by atoms with van der Waals surface area (Å²) in [6, 6.07) is 15.0. The number of carbonyl (C=O) groups is 1. The van der Waals surface area contributed by atoms with E-state index < -0.39 is 0 Å². The van der Waals surface area contributed by atoms with Crippen molar-refractivity contribution in [1.82, 2.24) is 19.9 Å². The Morgan fingerprint density at radius 3 is 2.58 bits per heavy atom. The first kappa shape index (κ1) is 15.8. The van der Waals surface area contributed by atoms with Crippen molar-refractivity contribution in [2.75, 3.05) is 4.90 Å². The van der Waals surface area contributed by atoms with Gasteiger partial charge in [0.1, 0.15) is 5.69 Å². The van der Waals surface area contributed by atoms with Crippen LogP contribution in [0.3, 0.4) is 0 Å². The molecule has 2 N–H and O–H groups in total. The Balaban J connectivity index is 1.77. The van der Waals surface area contributed by atoms with E-state index in [4.69, 9.17) is 0 Å². The molecule has 0 aliphatic heterocycles. The summed E-state index contributed by atoms with van der Waals surface area (Å²) in [6.07, 6.45) is 4.45. The van der Waals surface area contributed by atoms with Gasteiger partial charge in [-0.05, 0) is 23.8 Å². The lowest BCUT2D eigenvalue weighted by Gasteiger charge is -2.22. The van der Waals surface area contributed by atoms with Gasteiger partial charge < -0.3 is 14.9 Å². The van der Waals surface area contributed by atoms with Crippen LogP contribution in [0.4, 0.5) is 5.69 Å². The molecule has 0 spiro atoms. The second-order valence-corrected chi connectivity index (χ2v) is 5.78. The van der Waals surface area contributed by atoms with Crippen LogP contribution in [-0.4, -0.2) is 25.8 Å². The number of rotatable bonds is 4. The van der Waals surface area contributed by atoms with Crippen LogP contribution >= 0.6 is 0 Å². The molecule has 0 bridgehead atoms. The highest BCUT2D eigenvalue weighted by Gasteiger charge is 2.20. The predicted octanol–water partition coefficient (Wildman–Crippen LogP) is 2.49. The molecule has 0 fully saturated rings. The van der Waals surface area contributed by atoms with Crippen molar-refractivity contribution in [3.8, 4) is 0 Å². The lowest BCUT2D eigenvalue weighted by atomic mass is 10.1. The van der Waals surface area contributed by atoms with Gasteiger partial charge in [-0.25, -0.2) is 9.78 Å². The number of hydrogen-bond donors (Lipinski definition) is 2. The minimum absolute atomic E-state index is 0.256. The van der Waals surface area contributed by atoms with Crippen molar-refractivity contribution < 1.29 is 4.79 Å². The molecule has 0 atom stereocenters. The summed E-state index contributed by atoms with van der Waals surface area (Å²) in [5.41, 5.74) is 2.93. The molecule has 0 aliphatic rings. The highest BCUT2D eigenvalue weighted by atomic mass is 16.2. The summed E-state index contributed by atoms with van der Waals surface area (Å²) >= 11 is 0. The van der Waals surface area contributed by atoms with Crippen LogP contribution in [0.2, 0.25) is 0 Å². The minimum Gasteiger partial charge on any atom is -0.306 e. The molecule has 4 rings (SSSR count). The van der Waals surface area contributed by atoms with Crippen molar-refractivity contribution in [2.45, 2.75) is 6.54 Å². The zero-order chi connectivity index (χ0) is 17.9. The van der Waals surface area contributed by atoms with Crippen LogP contribution < -0.4 is 10.6 Å². The fourth-order valence-corrected chi connectivity index (χ4v) is 2.78. The molecule has 0 saturated carbocycles. The lowest BCUT2D eigenvalue weighted by molar-refractivity contribution is 0.0980. The average molecular weight is 345 g/mol. The summed E-state index contributed by atoms with van der Waals surface area (Å²) in [7, 11) is 0. The van der Waals surface area contributed by atoms with Crippen molar-refractivity contribution >= 4 is 22.6 Å². The number of aromatic nitrogens is 4. The number of H-pyrrole nitrogens is 2. The molecule has 0 unspecified atom stereocenters. The van der Waals surface area contributed by atoms with Crippen LogP contribution in [0.15, 0.2) is 71.9 Å². The van der Waals surface area contributed by atoms with Crippen LogP contribution in [0.25, 0.3) is 11.0 Å². The highest BCUT2D eigenvalue weighted by Crippen LogP contribution is 2.23. The van der Waals surface area contributed by atoms with Crippen LogP contribution in [0, 0.1) is 0 Å². The summed E-state index contributed by atoms with van der Waals surface area (Å²) < 4.78 is 0. The summed E-state index contributed by atoms with van der Waals surface area (Å²) in [6.45, 7) is 0.371. The van der Waals surface area contributed by atoms with E-state index >= 15 is 0 Å². The quantitative estimate of drug-likeness (QED) is 0.594. The van der Waals surface area contributed by atoms with E-state index in [-0.39, 0.29) is 17.3 Å². The molecule has 4 aromatic rings. The standard InChI is InChI=1S/C19H15N5O2/c25-18(17-11-20-8-9-21-17)24(12-13-4-2-1-3-5-13)14-6-7-15-16(10-14)23-19(26)22-15/h1-11H,12H2,(H2,22,23,26). The third-order valence-electron chi connectivity index (χ3n) is 4.02. The molecule has 0 saturated heterocycles. The molecule has 2 heterocycles. The number of benzene rings is 2. The normalized spacial score (nSPS) is 10.8. The molecule has 0 aliphatic carbocycles. The smallest absolute Gasteiger partial charge is 0.306 e. The summed E-state index contributed by atoms with van der Waals surface area (Å²) in [5.74, 6) is -0.265. The SMILES string of the molecule is O=C(c1cnccn1)N(Cc1ccccc1)c1ccc2[nH]c(=O)[nH]c2c1. The first-order valence-corrected chi connectivity index (χ1v) is 8.04. The molecule has 7 nitrogen and oxygen atoms in total. The average Bonchev–Trinajstić information content (AvgIpc) is 3.06. The van der Waals surface area contributed by atoms with Crippen LogP contribution in [-0.2, 0) is 6.54 Å². The Hall–Kier alpha value is -3.74. The maximum absolute atomic E-state index is 13.0. The molecule has 2 aromatic carbocycles. The summed E-state index contributed by atoms with van der Waals surface area (Å²) in [4.78, 5) is 39.7. The van der Waals surface area contributed by atoms with E-state index in [1.54, 1.807) is 23.1 Å². The van der Waals surface area contributed by atoms with Gasteiger partial charge >= 0.3 is 5.69 Å². The Morgan fingerprint density at radius 1 is 1.00 bits per heavy atom. The molecular weight excluding hydrogens is 330 g/mol. The molecule has 128 valence electrons. The van der Waals surface area contributed by atoms with Gasteiger partial charge in [0.05, 0.1) is 23.8 Å². The highest BCUT2D eigenvalue weighted by molar-refractivity contribution is 6.05. The monoisotopic (exact) mass is 345 g/mol. The number of fused-ring (bicyclic) bond motifs is 1. The molecule has 2 aromatic heterocycles. The predicted molar refractivity (Wildman–Crippen MR) is 97.9 cm³/mol. The number of anilines is 1. The third-order valence-corrected chi connectivity index (χ3v) is 4.02. The minimum atomic E-state index is -0.285. The van der Waals surface area contributed by atoms with Gasteiger partial charge in [-0.3, -0.25) is 9.78 Å². The van der Waals surface area contributed by atoms with Crippen LogP contribution in [0.5, 0.6) is 0 Å². The van der Waals surface area contributed by atoms with E-state index in [0.29, 0.717) is 23.3 Å². The third kappa shape index (κ3) is 3.10. The van der Waals surface area contributed by atoms with Crippen LogP contribution in [0.1, 0.15) is 16.1 Å². The first-order valence-electron chi connectivity index (χ1n) is 8.04. The van der Waals surface area contributed by atoms with Gasteiger partial charge in [0, 0.05) is 18.1 Å². The van der Waals surface area contributed by atoms with Crippen molar-refractivity contribution in [3.63, 3.8) is 0 Å². The largest absolute Gasteiger partial charge is 0.323 e. The number of hydrogen-bond acceptors (Lipinski definition) is 4. The number of imidazole rings is 1. The van der Waals surface area contributed by atoms with E-state index in [1.807, 2.05) is 30.3 Å². The van der Waals surface area contributed by atoms with Gasteiger partial charge in [-0.2, -0.15) is 0 Å². The van der Waals surface area contributed by atoms with Gasteiger partial charge in [-0.15, -0.1) is 0 Å².